The highest BCUT2D eigenvalue weighted by Crippen LogP contribution is 2.31. The van der Waals surface area contributed by atoms with Gasteiger partial charge in [0.15, 0.2) is 10.3 Å². The number of amidine groups is 1. The molecule has 8 heteroatoms. The number of nitrogens with zero attached hydrogens (tertiary/aromatic N) is 4. The number of aromatic nitrogens is 2. The summed E-state index contributed by atoms with van der Waals surface area (Å²) < 4.78 is 29.3. The first-order valence-corrected chi connectivity index (χ1v) is 7.38. The van der Waals surface area contributed by atoms with Crippen LogP contribution < -0.4 is 0 Å². The van der Waals surface area contributed by atoms with Gasteiger partial charge in [0.1, 0.15) is 0 Å². The van der Waals surface area contributed by atoms with Crippen LogP contribution in [0.15, 0.2) is 33.8 Å². The van der Waals surface area contributed by atoms with Crippen LogP contribution in [0.5, 0.6) is 0 Å². The number of fused-ring (bicyclic) bond motifs is 3. The number of hydrogen-bond acceptors (Lipinski definition) is 5. The summed E-state index contributed by atoms with van der Waals surface area (Å²) in [7, 11) is -0.241. The largest absolute Gasteiger partial charge is 0.356 e. The summed E-state index contributed by atoms with van der Waals surface area (Å²) in [4.78, 5) is 5.98. The van der Waals surface area contributed by atoms with E-state index in [2.05, 4.69) is 9.38 Å². The number of thioether (sulfide) groups is 1. The maximum Gasteiger partial charge on any atom is 0.353 e. The molecule has 0 N–H and O–H groups in total. The van der Waals surface area contributed by atoms with Crippen LogP contribution in [-0.4, -0.2) is 41.5 Å². The van der Waals surface area contributed by atoms with Gasteiger partial charge in [0.25, 0.3) is 0 Å². The zero-order valence-corrected chi connectivity index (χ0v) is 11.4. The van der Waals surface area contributed by atoms with E-state index in [-0.39, 0.29) is 0 Å². The average molecular weight is 282 g/mol. The van der Waals surface area contributed by atoms with E-state index < -0.39 is 10.2 Å². The highest BCUT2D eigenvalue weighted by atomic mass is 32.2. The molecular formula is C10H10N4O2S2. The Hall–Kier alpha value is -1.54. The van der Waals surface area contributed by atoms with Crippen molar-refractivity contribution in [1.29, 1.82) is 0 Å². The maximum absolute atomic E-state index is 12.2. The number of para-hydroxylation sites is 2. The normalized spacial score (nSPS) is 17.3. The summed E-state index contributed by atoms with van der Waals surface area (Å²) in [5, 5.41) is 0.840. The van der Waals surface area contributed by atoms with Crippen LogP contribution in [-0.2, 0) is 10.2 Å². The highest BCUT2D eigenvalue weighted by molar-refractivity contribution is 8.15. The van der Waals surface area contributed by atoms with Crippen LogP contribution >= 0.6 is 11.8 Å². The first kappa shape index (κ1) is 11.5. The molecule has 18 heavy (non-hydrogen) atoms. The van der Waals surface area contributed by atoms with Crippen molar-refractivity contribution in [2.45, 2.75) is 5.16 Å². The topological polar surface area (TPSA) is 67.6 Å². The number of hydrogen-bond donors (Lipinski definition) is 0. The van der Waals surface area contributed by atoms with E-state index in [1.165, 1.54) is 15.7 Å². The van der Waals surface area contributed by atoms with Crippen LogP contribution in [0.3, 0.4) is 0 Å². The summed E-state index contributed by atoms with van der Waals surface area (Å²) in [6.07, 6.45) is 0. The quantitative estimate of drug-likeness (QED) is 0.725. The predicted octanol–water partition coefficient (Wildman–Crippen LogP) is 1.15. The molecule has 1 aliphatic heterocycles. The van der Waals surface area contributed by atoms with Gasteiger partial charge in [-0.3, -0.25) is 0 Å². The lowest BCUT2D eigenvalue weighted by Gasteiger charge is -2.18. The molecule has 94 valence electrons. The molecule has 3 rings (SSSR count). The van der Waals surface area contributed by atoms with Gasteiger partial charge in [-0.15, -0.1) is 4.40 Å². The van der Waals surface area contributed by atoms with Gasteiger partial charge in [0.2, 0.25) is 0 Å². The first-order chi connectivity index (χ1) is 8.49. The van der Waals surface area contributed by atoms with Gasteiger partial charge < -0.3 is 4.90 Å². The zero-order chi connectivity index (χ0) is 12.9. The van der Waals surface area contributed by atoms with Gasteiger partial charge in [-0.05, 0) is 23.9 Å². The van der Waals surface area contributed by atoms with Crippen molar-refractivity contribution in [2.24, 2.45) is 4.40 Å². The zero-order valence-electron chi connectivity index (χ0n) is 9.73. The van der Waals surface area contributed by atoms with Gasteiger partial charge >= 0.3 is 10.2 Å². The van der Waals surface area contributed by atoms with Crippen molar-refractivity contribution in [3.63, 3.8) is 0 Å². The monoisotopic (exact) mass is 282 g/mol. The van der Waals surface area contributed by atoms with Gasteiger partial charge in [-0.2, -0.15) is 12.4 Å². The molecule has 0 spiro atoms. The molecule has 0 radical (unpaired) electrons. The molecule has 6 nitrogen and oxygen atoms in total. The SMILES string of the molecule is CN(C)C1=NS(=O)(=O)n2c(nc3ccccc32)S1. The Morgan fingerprint density at radius 1 is 1.28 bits per heavy atom. The van der Waals surface area contributed by atoms with Gasteiger partial charge in [0, 0.05) is 14.1 Å². The number of rotatable bonds is 0. The lowest BCUT2D eigenvalue weighted by molar-refractivity contribution is 0.581. The van der Waals surface area contributed by atoms with E-state index in [9.17, 15) is 8.42 Å². The molecule has 2 aromatic rings. The van der Waals surface area contributed by atoms with Crippen molar-refractivity contribution < 1.29 is 8.42 Å². The third-order valence-corrected chi connectivity index (χ3v) is 5.04. The molecular weight excluding hydrogens is 272 g/mol. The fourth-order valence-corrected chi connectivity index (χ4v) is 4.26. The Morgan fingerprint density at radius 2 is 2.00 bits per heavy atom. The van der Waals surface area contributed by atoms with Crippen LogP contribution in [0.2, 0.25) is 0 Å². The molecule has 1 aromatic carbocycles. The molecule has 0 unspecified atom stereocenters. The van der Waals surface area contributed by atoms with Crippen LogP contribution in [0, 0.1) is 0 Å². The fraction of sp³-hybridized carbons (Fsp3) is 0.200. The Balaban J connectivity index is 2.32. The Kier molecular flexibility index (Phi) is 2.39. The molecule has 0 fully saturated rings. The van der Waals surface area contributed by atoms with Crippen LogP contribution in [0.4, 0.5) is 0 Å². The summed E-state index contributed by atoms with van der Waals surface area (Å²) in [6.45, 7) is 0. The van der Waals surface area contributed by atoms with Crippen molar-refractivity contribution >= 4 is 38.2 Å². The molecule has 1 aromatic heterocycles. The second-order valence-corrected chi connectivity index (χ2v) is 6.37. The van der Waals surface area contributed by atoms with Crippen molar-refractivity contribution in [1.82, 2.24) is 13.9 Å². The molecule has 0 aliphatic carbocycles. The van der Waals surface area contributed by atoms with E-state index in [0.29, 0.717) is 21.4 Å². The smallest absolute Gasteiger partial charge is 0.353 e. The molecule has 0 saturated heterocycles. The van der Waals surface area contributed by atoms with E-state index in [1.807, 2.05) is 6.07 Å². The first-order valence-electron chi connectivity index (χ1n) is 5.17. The highest BCUT2D eigenvalue weighted by Gasteiger charge is 2.29. The summed E-state index contributed by atoms with van der Waals surface area (Å²) in [5.74, 6) is 0. The molecule has 0 saturated carbocycles. The molecule has 0 bridgehead atoms. The third kappa shape index (κ3) is 1.60. The van der Waals surface area contributed by atoms with Gasteiger partial charge in [0.05, 0.1) is 11.0 Å². The van der Waals surface area contributed by atoms with Crippen LogP contribution in [0.1, 0.15) is 0 Å². The van der Waals surface area contributed by atoms with Crippen LogP contribution in [0.25, 0.3) is 11.0 Å². The van der Waals surface area contributed by atoms with E-state index in [0.717, 1.165) is 0 Å². The van der Waals surface area contributed by atoms with Crippen molar-refractivity contribution in [3.05, 3.63) is 24.3 Å². The number of imidazole rings is 1. The molecule has 0 amide bonds. The van der Waals surface area contributed by atoms with E-state index in [1.54, 1.807) is 37.2 Å². The minimum absolute atomic E-state index is 0.415. The van der Waals surface area contributed by atoms with Crippen molar-refractivity contribution in [2.75, 3.05) is 14.1 Å². The predicted molar refractivity (Wildman–Crippen MR) is 71.0 cm³/mol. The van der Waals surface area contributed by atoms with Crippen molar-refractivity contribution in [3.8, 4) is 0 Å². The van der Waals surface area contributed by atoms with E-state index in [4.69, 9.17) is 0 Å². The lowest BCUT2D eigenvalue weighted by atomic mass is 10.3. The Morgan fingerprint density at radius 3 is 2.72 bits per heavy atom. The Labute approximate surface area is 109 Å². The minimum Gasteiger partial charge on any atom is -0.356 e. The average Bonchev–Trinajstić information content (AvgIpc) is 2.66. The second kappa shape index (κ2) is 3.72. The number of benzene rings is 1. The standard InChI is InChI=1S/C10H10N4O2S2/c1-13(2)10-12-18(15,16)14-8-6-4-3-5-7(8)11-9(14)17-10/h3-6H,1-2H3. The van der Waals surface area contributed by atoms with E-state index >= 15 is 0 Å². The third-order valence-electron chi connectivity index (χ3n) is 2.48. The minimum atomic E-state index is -3.74. The Bertz CT molecular complexity index is 761. The summed E-state index contributed by atoms with van der Waals surface area (Å²) in [6, 6.07) is 7.11. The molecule has 1 aliphatic rings. The van der Waals surface area contributed by atoms with Gasteiger partial charge in [-0.1, -0.05) is 12.1 Å². The van der Waals surface area contributed by atoms with Gasteiger partial charge in [-0.25, -0.2) is 4.98 Å². The second-order valence-electron chi connectivity index (χ2n) is 4.00. The molecule has 2 heterocycles. The summed E-state index contributed by atoms with van der Waals surface area (Å²) >= 11 is 1.24. The maximum atomic E-state index is 12.2. The fourth-order valence-electron chi connectivity index (χ4n) is 1.68. The molecule has 0 atom stereocenters. The summed E-state index contributed by atoms with van der Waals surface area (Å²) in [5.41, 5.74) is 1.21. The lowest BCUT2D eigenvalue weighted by Crippen LogP contribution is -2.26.